The summed E-state index contributed by atoms with van der Waals surface area (Å²) in [6, 6.07) is 10.8. The van der Waals surface area contributed by atoms with Crippen LogP contribution in [0.25, 0.3) is 0 Å². The lowest BCUT2D eigenvalue weighted by Gasteiger charge is -2.07. The molecule has 0 aliphatic rings. The first-order chi connectivity index (χ1) is 10.7. The van der Waals surface area contributed by atoms with E-state index in [1.807, 2.05) is 17.5 Å². The molecule has 1 aromatic heterocycles. The molecule has 0 saturated heterocycles. The molecule has 22 heavy (non-hydrogen) atoms. The average molecular weight is 319 g/mol. The first-order valence-corrected chi connectivity index (χ1v) is 7.67. The van der Waals surface area contributed by atoms with Gasteiger partial charge in [-0.05, 0) is 42.1 Å². The Morgan fingerprint density at radius 3 is 2.59 bits per heavy atom. The van der Waals surface area contributed by atoms with Gasteiger partial charge in [0.1, 0.15) is 5.75 Å². The van der Waals surface area contributed by atoms with Crippen molar-refractivity contribution in [2.24, 2.45) is 0 Å². The van der Waals surface area contributed by atoms with Gasteiger partial charge in [-0.1, -0.05) is 6.07 Å². The van der Waals surface area contributed by atoms with Crippen molar-refractivity contribution in [3.8, 4) is 5.75 Å². The van der Waals surface area contributed by atoms with Crippen molar-refractivity contribution < 1.29 is 19.1 Å². The van der Waals surface area contributed by atoms with Crippen molar-refractivity contribution >= 4 is 28.9 Å². The SMILES string of the molecule is COc1ccc(NC(=O)COC(=O)CCc2cccs2)cc1. The van der Waals surface area contributed by atoms with Crippen molar-refractivity contribution in [2.75, 3.05) is 19.0 Å². The summed E-state index contributed by atoms with van der Waals surface area (Å²) < 4.78 is 9.98. The third kappa shape index (κ3) is 5.21. The van der Waals surface area contributed by atoms with Gasteiger partial charge in [-0.2, -0.15) is 0 Å². The van der Waals surface area contributed by atoms with Crippen LogP contribution in [0.4, 0.5) is 5.69 Å². The molecule has 1 amide bonds. The predicted octanol–water partition coefficient (Wildman–Crippen LogP) is 2.87. The lowest BCUT2D eigenvalue weighted by atomic mass is 10.3. The first-order valence-electron chi connectivity index (χ1n) is 6.79. The number of hydrogen-bond donors (Lipinski definition) is 1. The van der Waals surface area contributed by atoms with Crippen LogP contribution in [0.2, 0.25) is 0 Å². The van der Waals surface area contributed by atoms with Crippen LogP contribution in [-0.2, 0) is 20.7 Å². The normalized spacial score (nSPS) is 10.0. The van der Waals surface area contributed by atoms with E-state index in [1.165, 1.54) is 0 Å². The molecule has 0 fully saturated rings. The molecule has 0 saturated carbocycles. The van der Waals surface area contributed by atoms with Crippen molar-refractivity contribution in [3.63, 3.8) is 0 Å². The van der Waals surface area contributed by atoms with Gasteiger partial charge in [0, 0.05) is 10.6 Å². The number of anilines is 1. The standard InChI is InChI=1S/C16H17NO4S/c1-20-13-6-4-12(5-7-13)17-15(18)11-21-16(19)9-8-14-3-2-10-22-14/h2-7,10H,8-9,11H2,1H3,(H,17,18). The fourth-order valence-corrected chi connectivity index (χ4v) is 2.48. The molecule has 0 aliphatic heterocycles. The van der Waals surface area contributed by atoms with E-state index in [4.69, 9.17) is 9.47 Å². The number of benzene rings is 1. The fraction of sp³-hybridized carbons (Fsp3) is 0.250. The summed E-state index contributed by atoms with van der Waals surface area (Å²) >= 11 is 1.60. The molecule has 2 rings (SSSR count). The quantitative estimate of drug-likeness (QED) is 0.797. The number of carbonyl (C=O) groups excluding carboxylic acids is 2. The third-order valence-corrected chi connectivity index (χ3v) is 3.83. The second kappa shape index (κ2) is 8.19. The topological polar surface area (TPSA) is 64.6 Å². The maximum Gasteiger partial charge on any atom is 0.306 e. The smallest absolute Gasteiger partial charge is 0.306 e. The summed E-state index contributed by atoms with van der Waals surface area (Å²) in [7, 11) is 1.57. The zero-order chi connectivity index (χ0) is 15.8. The predicted molar refractivity (Wildman–Crippen MR) is 85.2 cm³/mol. The molecule has 1 N–H and O–H groups in total. The number of amides is 1. The van der Waals surface area contributed by atoms with E-state index < -0.39 is 0 Å². The Labute approximate surface area is 132 Å². The Morgan fingerprint density at radius 2 is 1.95 bits per heavy atom. The molecular formula is C16H17NO4S. The van der Waals surface area contributed by atoms with Gasteiger partial charge in [0.2, 0.25) is 0 Å². The van der Waals surface area contributed by atoms with Crippen LogP contribution in [0.1, 0.15) is 11.3 Å². The Kier molecular flexibility index (Phi) is 5.97. The van der Waals surface area contributed by atoms with Crippen LogP contribution in [0, 0.1) is 0 Å². The van der Waals surface area contributed by atoms with E-state index >= 15 is 0 Å². The lowest BCUT2D eigenvalue weighted by molar-refractivity contribution is -0.147. The van der Waals surface area contributed by atoms with Crippen molar-refractivity contribution in [3.05, 3.63) is 46.7 Å². The zero-order valence-electron chi connectivity index (χ0n) is 12.2. The Hall–Kier alpha value is -2.34. The molecule has 116 valence electrons. The van der Waals surface area contributed by atoms with E-state index in [9.17, 15) is 9.59 Å². The van der Waals surface area contributed by atoms with Crippen LogP contribution in [0.3, 0.4) is 0 Å². The first kappa shape index (κ1) is 16.0. The number of carbonyl (C=O) groups is 2. The Morgan fingerprint density at radius 1 is 1.18 bits per heavy atom. The summed E-state index contributed by atoms with van der Waals surface area (Å²) in [5, 5.41) is 4.61. The molecule has 5 nitrogen and oxygen atoms in total. The minimum Gasteiger partial charge on any atom is -0.497 e. The highest BCUT2D eigenvalue weighted by Gasteiger charge is 2.08. The van der Waals surface area contributed by atoms with Crippen LogP contribution in [0.15, 0.2) is 41.8 Å². The van der Waals surface area contributed by atoms with Gasteiger partial charge in [0.05, 0.1) is 13.5 Å². The number of rotatable bonds is 7. The monoisotopic (exact) mass is 319 g/mol. The van der Waals surface area contributed by atoms with Crippen molar-refractivity contribution in [1.82, 2.24) is 0 Å². The van der Waals surface area contributed by atoms with Crippen LogP contribution in [0.5, 0.6) is 5.75 Å². The van der Waals surface area contributed by atoms with Gasteiger partial charge in [-0.25, -0.2) is 0 Å². The summed E-state index contributed by atoms with van der Waals surface area (Å²) in [5.41, 5.74) is 0.625. The summed E-state index contributed by atoms with van der Waals surface area (Å²) in [4.78, 5) is 24.4. The van der Waals surface area contributed by atoms with E-state index in [-0.39, 0.29) is 24.9 Å². The summed E-state index contributed by atoms with van der Waals surface area (Å²) in [5.74, 6) is -0.0362. The number of thiophene rings is 1. The highest BCUT2D eigenvalue weighted by Crippen LogP contribution is 2.15. The molecule has 0 spiro atoms. The lowest BCUT2D eigenvalue weighted by Crippen LogP contribution is -2.20. The van der Waals surface area contributed by atoms with Gasteiger partial charge >= 0.3 is 5.97 Å². The van der Waals surface area contributed by atoms with E-state index in [2.05, 4.69) is 5.32 Å². The van der Waals surface area contributed by atoms with Crippen LogP contribution >= 0.6 is 11.3 Å². The van der Waals surface area contributed by atoms with Gasteiger partial charge in [-0.3, -0.25) is 9.59 Å². The minimum absolute atomic E-state index is 0.274. The molecule has 2 aromatic rings. The highest BCUT2D eigenvalue weighted by atomic mass is 32.1. The number of aryl methyl sites for hydroxylation is 1. The Bertz CT molecular complexity index is 608. The number of esters is 1. The fourth-order valence-electron chi connectivity index (χ4n) is 1.77. The molecular weight excluding hydrogens is 302 g/mol. The number of nitrogens with one attached hydrogen (secondary N) is 1. The molecule has 0 bridgehead atoms. The van der Waals surface area contributed by atoms with Gasteiger partial charge in [0.15, 0.2) is 6.61 Å². The largest absolute Gasteiger partial charge is 0.497 e. The summed E-state index contributed by atoms with van der Waals surface area (Å²) in [6.07, 6.45) is 0.910. The maximum atomic E-state index is 11.7. The average Bonchev–Trinajstić information content (AvgIpc) is 3.05. The number of ether oxygens (including phenoxy) is 2. The van der Waals surface area contributed by atoms with Crippen molar-refractivity contribution in [2.45, 2.75) is 12.8 Å². The molecule has 0 unspecified atom stereocenters. The van der Waals surface area contributed by atoms with E-state index in [1.54, 1.807) is 42.7 Å². The van der Waals surface area contributed by atoms with Gasteiger partial charge in [-0.15, -0.1) is 11.3 Å². The molecule has 0 aliphatic carbocycles. The molecule has 6 heteroatoms. The second-order valence-electron chi connectivity index (χ2n) is 4.52. The second-order valence-corrected chi connectivity index (χ2v) is 5.55. The van der Waals surface area contributed by atoms with Crippen molar-refractivity contribution in [1.29, 1.82) is 0 Å². The minimum atomic E-state index is -0.377. The van der Waals surface area contributed by atoms with E-state index in [0.29, 0.717) is 17.9 Å². The van der Waals surface area contributed by atoms with Gasteiger partial charge in [0.25, 0.3) is 5.91 Å². The van der Waals surface area contributed by atoms with Crippen LogP contribution in [-0.4, -0.2) is 25.6 Å². The molecule has 1 heterocycles. The van der Waals surface area contributed by atoms with E-state index in [0.717, 1.165) is 4.88 Å². The molecule has 0 atom stereocenters. The third-order valence-electron chi connectivity index (χ3n) is 2.89. The zero-order valence-corrected chi connectivity index (χ0v) is 13.0. The highest BCUT2D eigenvalue weighted by molar-refractivity contribution is 7.09. The number of hydrogen-bond acceptors (Lipinski definition) is 5. The Balaban J connectivity index is 1.69. The summed E-state index contributed by atoms with van der Waals surface area (Å²) in [6.45, 7) is -0.282. The number of methoxy groups -OCH3 is 1. The van der Waals surface area contributed by atoms with Crippen LogP contribution < -0.4 is 10.1 Å². The molecule has 1 aromatic carbocycles. The van der Waals surface area contributed by atoms with Gasteiger partial charge < -0.3 is 14.8 Å². The maximum absolute atomic E-state index is 11.7. The molecule has 0 radical (unpaired) electrons.